The molecule has 2 aliphatic rings. The summed E-state index contributed by atoms with van der Waals surface area (Å²) in [6, 6.07) is 4.63. The summed E-state index contributed by atoms with van der Waals surface area (Å²) in [6.45, 7) is 3.74. The maximum Gasteiger partial charge on any atom is 0.407 e. The summed E-state index contributed by atoms with van der Waals surface area (Å²) in [4.78, 5) is 16.2. The normalized spacial score (nSPS) is 26.8. The number of carbonyl (C=O) groups excluding carboxylic acids is 1. The smallest absolute Gasteiger partial charge is 0.407 e. The highest BCUT2D eigenvalue weighted by atomic mass is 19.3. The highest BCUT2D eigenvalue weighted by molar-refractivity contribution is 5.67. The van der Waals surface area contributed by atoms with Crippen molar-refractivity contribution in [3.8, 4) is 5.88 Å². The predicted octanol–water partition coefficient (Wildman–Crippen LogP) is 4.80. The van der Waals surface area contributed by atoms with E-state index in [-0.39, 0.29) is 35.7 Å². The van der Waals surface area contributed by atoms with E-state index in [4.69, 9.17) is 9.47 Å². The lowest BCUT2D eigenvalue weighted by Gasteiger charge is -2.20. The van der Waals surface area contributed by atoms with E-state index in [1.54, 1.807) is 6.07 Å². The number of pyridine rings is 1. The van der Waals surface area contributed by atoms with Crippen LogP contribution < -0.4 is 15.4 Å². The molecule has 31 heavy (non-hydrogen) atoms. The van der Waals surface area contributed by atoms with Gasteiger partial charge in [0.2, 0.25) is 5.88 Å². The second-order valence-corrected chi connectivity index (χ2v) is 8.34. The number of ether oxygens (including phenoxy) is 2. The molecule has 1 saturated carbocycles. The maximum absolute atomic E-state index is 13.4. The van der Waals surface area contributed by atoms with Crippen LogP contribution in [0.15, 0.2) is 18.2 Å². The molecule has 0 radical (unpaired) electrons. The fraction of sp³-hybridized carbons (Fsp3) is 0.571. The third-order valence-electron chi connectivity index (χ3n) is 5.71. The molecule has 10 heteroatoms. The minimum atomic E-state index is -2.72. The average molecular weight is 435 g/mol. The Morgan fingerprint density at radius 2 is 1.94 bits per heavy atom. The summed E-state index contributed by atoms with van der Waals surface area (Å²) in [6.07, 6.45) is 0.0573. The molecule has 4 rings (SSSR count). The maximum atomic E-state index is 13.4. The number of amides is 1. The van der Waals surface area contributed by atoms with Crippen LogP contribution in [0.4, 0.5) is 25.1 Å². The predicted molar refractivity (Wildman–Crippen MR) is 110 cm³/mol. The standard InChI is InChI=1S/C21H27F2N5O3/c1-11-3-4-12(2)30-19-9-14(8-17(26-19)20(22)23)25-18-10-16(27-28-18)13-5-6-15(7-13)31-21(29)24-11/h8-13,15,20H,3-7H2,1-2H3,(H,24,29)(H2,25,27,28)/t11-,12?,13?,15?/m1/s1. The first-order valence-electron chi connectivity index (χ1n) is 10.6. The number of fused-ring (bicyclic) bond motifs is 7. The fourth-order valence-corrected chi connectivity index (χ4v) is 4.07. The number of aromatic nitrogens is 3. The number of alkyl carbamates (subject to hydrolysis) is 1. The van der Waals surface area contributed by atoms with E-state index in [0.717, 1.165) is 18.5 Å². The third kappa shape index (κ3) is 5.42. The first-order valence-corrected chi connectivity index (χ1v) is 10.6. The van der Waals surface area contributed by atoms with Gasteiger partial charge in [-0.2, -0.15) is 5.10 Å². The number of nitrogens with one attached hydrogen (secondary N) is 3. The molecule has 3 unspecified atom stereocenters. The van der Waals surface area contributed by atoms with Gasteiger partial charge in [-0.15, -0.1) is 0 Å². The van der Waals surface area contributed by atoms with Crippen molar-refractivity contribution in [1.29, 1.82) is 0 Å². The Morgan fingerprint density at radius 1 is 1.10 bits per heavy atom. The van der Waals surface area contributed by atoms with Crippen molar-refractivity contribution < 1.29 is 23.0 Å². The number of halogens is 2. The average Bonchev–Trinajstić information content (AvgIpc) is 3.35. The summed E-state index contributed by atoms with van der Waals surface area (Å²) in [5, 5.41) is 13.2. The minimum absolute atomic E-state index is 0.109. The van der Waals surface area contributed by atoms with Crippen LogP contribution in [0.1, 0.15) is 69.7 Å². The topological polar surface area (TPSA) is 101 Å². The Hall–Kier alpha value is -2.91. The first kappa shape index (κ1) is 21.3. The SMILES string of the molecule is CC1CC[C@@H](C)NC(=O)OC2CCC(C2)c2cc(n[nH]2)Nc2cc(nc(C(F)F)c2)O1. The zero-order chi connectivity index (χ0) is 22.0. The molecule has 8 nitrogen and oxygen atoms in total. The fourth-order valence-electron chi connectivity index (χ4n) is 4.07. The number of H-pyrrole nitrogens is 1. The Labute approximate surface area is 179 Å². The highest BCUT2D eigenvalue weighted by Gasteiger charge is 2.30. The first-order chi connectivity index (χ1) is 14.9. The van der Waals surface area contributed by atoms with Crippen LogP contribution in [0.3, 0.4) is 0 Å². The number of aromatic amines is 1. The second kappa shape index (κ2) is 9.07. The molecule has 1 fully saturated rings. The molecule has 6 bridgehead atoms. The summed E-state index contributed by atoms with van der Waals surface area (Å²) in [5.74, 6) is 0.812. The van der Waals surface area contributed by atoms with E-state index < -0.39 is 12.5 Å². The summed E-state index contributed by atoms with van der Waals surface area (Å²) in [5.41, 5.74) is 0.977. The van der Waals surface area contributed by atoms with E-state index in [1.807, 2.05) is 19.9 Å². The van der Waals surface area contributed by atoms with Gasteiger partial charge in [0.05, 0.1) is 6.10 Å². The number of rotatable bonds is 1. The molecule has 1 aliphatic carbocycles. The van der Waals surface area contributed by atoms with Crippen LogP contribution in [0.5, 0.6) is 5.88 Å². The molecule has 4 atom stereocenters. The number of hydrogen-bond donors (Lipinski definition) is 3. The number of carbonyl (C=O) groups is 1. The van der Waals surface area contributed by atoms with Crippen molar-refractivity contribution in [2.45, 2.75) is 76.5 Å². The molecule has 3 heterocycles. The molecule has 0 spiro atoms. The van der Waals surface area contributed by atoms with Crippen LogP contribution in [0, 0.1) is 0 Å². The third-order valence-corrected chi connectivity index (χ3v) is 5.71. The van der Waals surface area contributed by atoms with Gasteiger partial charge in [0, 0.05) is 35.5 Å². The van der Waals surface area contributed by atoms with Crippen molar-refractivity contribution >= 4 is 17.6 Å². The molecular weight excluding hydrogens is 408 g/mol. The minimum Gasteiger partial charge on any atom is -0.475 e. The summed E-state index contributed by atoms with van der Waals surface area (Å²) < 4.78 is 38.1. The molecule has 1 amide bonds. The van der Waals surface area contributed by atoms with Gasteiger partial charge in [0.15, 0.2) is 5.82 Å². The van der Waals surface area contributed by atoms with Crippen LogP contribution in [-0.2, 0) is 4.74 Å². The summed E-state index contributed by atoms with van der Waals surface area (Å²) in [7, 11) is 0. The highest BCUT2D eigenvalue weighted by Crippen LogP contribution is 2.36. The van der Waals surface area contributed by atoms with E-state index in [2.05, 4.69) is 25.8 Å². The van der Waals surface area contributed by atoms with Gasteiger partial charge < -0.3 is 20.1 Å². The van der Waals surface area contributed by atoms with E-state index in [9.17, 15) is 13.6 Å². The van der Waals surface area contributed by atoms with Gasteiger partial charge in [-0.25, -0.2) is 18.6 Å². The lowest BCUT2D eigenvalue weighted by Crippen LogP contribution is -2.35. The van der Waals surface area contributed by atoms with E-state index in [0.29, 0.717) is 30.8 Å². The van der Waals surface area contributed by atoms with Crippen LogP contribution >= 0.6 is 0 Å². The lowest BCUT2D eigenvalue weighted by molar-refractivity contribution is 0.0963. The molecule has 2 aromatic heterocycles. The van der Waals surface area contributed by atoms with Gasteiger partial charge in [-0.1, -0.05) is 0 Å². The molecule has 0 saturated heterocycles. The number of hydrogen-bond acceptors (Lipinski definition) is 6. The van der Waals surface area contributed by atoms with Crippen molar-refractivity contribution in [3.05, 3.63) is 29.6 Å². The van der Waals surface area contributed by atoms with Crippen molar-refractivity contribution in [2.75, 3.05) is 5.32 Å². The van der Waals surface area contributed by atoms with Gasteiger partial charge >= 0.3 is 6.09 Å². The molecular formula is C21H27F2N5O3. The van der Waals surface area contributed by atoms with Gasteiger partial charge in [-0.05, 0) is 52.0 Å². The number of anilines is 2. The van der Waals surface area contributed by atoms with Crippen LogP contribution in [0.25, 0.3) is 0 Å². The van der Waals surface area contributed by atoms with Crippen LogP contribution in [0.2, 0.25) is 0 Å². The Bertz CT molecular complexity index is 922. The van der Waals surface area contributed by atoms with Gasteiger partial charge in [0.25, 0.3) is 6.43 Å². The molecule has 168 valence electrons. The Kier molecular flexibility index (Phi) is 6.24. The van der Waals surface area contributed by atoms with Crippen molar-refractivity contribution in [3.63, 3.8) is 0 Å². The largest absolute Gasteiger partial charge is 0.475 e. The number of nitrogens with zero attached hydrogens (tertiary/aromatic N) is 2. The van der Waals surface area contributed by atoms with Crippen LogP contribution in [-0.4, -0.2) is 39.5 Å². The summed E-state index contributed by atoms with van der Waals surface area (Å²) >= 11 is 0. The Morgan fingerprint density at radius 3 is 2.74 bits per heavy atom. The quantitative estimate of drug-likeness (QED) is 0.595. The lowest BCUT2D eigenvalue weighted by atomic mass is 10.0. The molecule has 0 aromatic carbocycles. The van der Waals surface area contributed by atoms with Gasteiger partial charge in [-0.3, -0.25) is 5.10 Å². The zero-order valence-corrected chi connectivity index (χ0v) is 17.5. The molecule has 1 aliphatic heterocycles. The van der Waals surface area contributed by atoms with Crippen molar-refractivity contribution in [1.82, 2.24) is 20.5 Å². The second-order valence-electron chi connectivity index (χ2n) is 8.34. The molecule has 3 N–H and O–H groups in total. The molecule has 2 aromatic rings. The number of alkyl halides is 2. The van der Waals surface area contributed by atoms with Gasteiger partial charge in [0.1, 0.15) is 11.8 Å². The van der Waals surface area contributed by atoms with E-state index in [1.165, 1.54) is 6.07 Å². The van der Waals surface area contributed by atoms with E-state index >= 15 is 0 Å². The zero-order valence-electron chi connectivity index (χ0n) is 17.5. The van der Waals surface area contributed by atoms with Crippen molar-refractivity contribution in [2.24, 2.45) is 0 Å². The Balaban J connectivity index is 1.61. The monoisotopic (exact) mass is 435 g/mol.